The fourth-order valence-electron chi connectivity index (χ4n) is 1.03. The van der Waals surface area contributed by atoms with Crippen molar-refractivity contribution in [2.45, 2.75) is 13.5 Å². The largest absolute Gasteiger partial charge is 0.505 e. The summed E-state index contributed by atoms with van der Waals surface area (Å²) in [7, 11) is 1.09. The van der Waals surface area contributed by atoms with Crippen LogP contribution in [0.1, 0.15) is 12.6 Å². The van der Waals surface area contributed by atoms with Gasteiger partial charge in [-0.15, -0.1) is 0 Å². The maximum absolute atomic E-state index is 11.1. The molecule has 0 aliphatic rings. The molecule has 0 saturated carbocycles. The lowest BCUT2D eigenvalue weighted by molar-refractivity contribution is -0.149. The molecule has 0 amide bonds. The van der Waals surface area contributed by atoms with E-state index in [1.54, 1.807) is 16.9 Å². The number of aromatic nitrogens is 2. The minimum atomic E-state index is -1.03. The second kappa shape index (κ2) is 5.11. The van der Waals surface area contributed by atoms with E-state index in [1.165, 1.54) is 0 Å². The van der Waals surface area contributed by atoms with Gasteiger partial charge in [0, 0.05) is 18.8 Å². The molecular formula is C10H12N2O4. The number of rotatable bonds is 4. The highest BCUT2D eigenvalue weighted by Crippen LogP contribution is 2.08. The Kier molecular flexibility index (Phi) is 3.82. The van der Waals surface area contributed by atoms with Crippen molar-refractivity contribution in [2.24, 2.45) is 0 Å². The van der Waals surface area contributed by atoms with Gasteiger partial charge in [0.2, 0.25) is 0 Å². The maximum Gasteiger partial charge on any atom is 0.378 e. The number of carbonyl (C=O) groups is 2. The van der Waals surface area contributed by atoms with E-state index in [4.69, 9.17) is 0 Å². The molecule has 86 valence electrons. The predicted octanol–water partition coefficient (Wildman–Crippen LogP) is 0.544. The van der Waals surface area contributed by atoms with Crippen LogP contribution in [0.5, 0.6) is 0 Å². The predicted molar refractivity (Wildman–Crippen MR) is 55.5 cm³/mol. The van der Waals surface area contributed by atoms with Gasteiger partial charge in [0.15, 0.2) is 0 Å². The molecule has 0 spiro atoms. The molecule has 1 aromatic rings. The van der Waals surface area contributed by atoms with E-state index in [1.807, 2.05) is 6.92 Å². The minimum absolute atomic E-state index is 0.235. The van der Waals surface area contributed by atoms with Gasteiger partial charge in [-0.3, -0.25) is 9.48 Å². The molecule has 6 heteroatoms. The molecule has 0 atom stereocenters. The van der Waals surface area contributed by atoms with Gasteiger partial charge >= 0.3 is 5.97 Å². The molecule has 0 aliphatic carbocycles. The molecular weight excluding hydrogens is 212 g/mol. The summed E-state index contributed by atoms with van der Waals surface area (Å²) in [4.78, 5) is 21.9. The van der Waals surface area contributed by atoms with Gasteiger partial charge in [0.1, 0.15) is 11.5 Å². The van der Waals surface area contributed by atoms with Crippen LogP contribution in [-0.2, 0) is 20.9 Å². The van der Waals surface area contributed by atoms with Crippen molar-refractivity contribution < 1.29 is 19.4 Å². The summed E-state index contributed by atoms with van der Waals surface area (Å²) in [5.74, 6) is -2.31. The normalized spacial score (nSPS) is 11.2. The molecule has 0 fully saturated rings. The Balaban J connectivity index is 2.84. The summed E-state index contributed by atoms with van der Waals surface area (Å²) in [6.45, 7) is 2.54. The zero-order valence-electron chi connectivity index (χ0n) is 9.01. The lowest BCUT2D eigenvalue weighted by Gasteiger charge is -1.96. The summed E-state index contributed by atoms with van der Waals surface area (Å²) in [5.41, 5.74) is 0.235. The summed E-state index contributed by atoms with van der Waals surface area (Å²) in [6.07, 6.45) is 2.44. The van der Waals surface area contributed by atoms with Crippen LogP contribution in [0.25, 0.3) is 5.76 Å². The van der Waals surface area contributed by atoms with E-state index in [-0.39, 0.29) is 11.5 Å². The Morgan fingerprint density at radius 3 is 2.81 bits per heavy atom. The molecule has 0 radical (unpaired) electrons. The zero-order chi connectivity index (χ0) is 12.1. The van der Waals surface area contributed by atoms with Crippen molar-refractivity contribution in [3.8, 4) is 0 Å². The first kappa shape index (κ1) is 12.0. The van der Waals surface area contributed by atoms with Gasteiger partial charge in [-0.1, -0.05) is 0 Å². The zero-order valence-corrected chi connectivity index (χ0v) is 9.01. The van der Waals surface area contributed by atoms with Gasteiger partial charge in [-0.2, -0.15) is 5.10 Å². The highest BCUT2D eigenvalue weighted by atomic mass is 16.5. The van der Waals surface area contributed by atoms with E-state index in [0.717, 1.165) is 13.2 Å². The lowest BCUT2D eigenvalue weighted by Crippen LogP contribution is -2.13. The average molecular weight is 224 g/mol. The molecule has 1 aromatic heterocycles. The average Bonchev–Trinajstić information content (AvgIpc) is 2.76. The minimum Gasteiger partial charge on any atom is -0.505 e. The first-order chi connectivity index (χ1) is 7.58. The molecule has 0 saturated heterocycles. The van der Waals surface area contributed by atoms with E-state index < -0.39 is 11.8 Å². The fourth-order valence-corrected chi connectivity index (χ4v) is 1.03. The van der Waals surface area contributed by atoms with Gasteiger partial charge in [-0.05, 0) is 13.0 Å². The maximum atomic E-state index is 11.1. The molecule has 1 rings (SSSR count). The van der Waals surface area contributed by atoms with Crippen molar-refractivity contribution in [3.05, 3.63) is 24.0 Å². The molecule has 0 aromatic carbocycles. The van der Waals surface area contributed by atoms with Crippen LogP contribution in [0.4, 0.5) is 0 Å². The number of ketones is 1. The highest BCUT2D eigenvalue weighted by molar-refractivity contribution is 6.39. The Morgan fingerprint density at radius 1 is 1.62 bits per heavy atom. The topological polar surface area (TPSA) is 81.4 Å². The second-order valence-electron chi connectivity index (χ2n) is 2.94. The van der Waals surface area contributed by atoms with Crippen molar-refractivity contribution in [1.29, 1.82) is 0 Å². The Labute approximate surface area is 92.1 Å². The molecule has 0 aliphatic heterocycles. The number of aliphatic hydroxyl groups is 1. The van der Waals surface area contributed by atoms with E-state index in [9.17, 15) is 14.7 Å². The third-order valence-corrected chi connectivity index (χ3v) is 1.88. The SMILES string of the molecule is CCn1ccc(C(O)=CC(=O)C(=O)OC)n1. The summed E-state index contributed by atoms with van der Waals surface area (Å²) in [5, 5.41) is 13.5. The standard InChI is InChI=1S/C10H12N2O4/c1-3-12-5-4-7(11-12)8(13)6-9(14)10(15)16-2/h4-6,13H,3H2,1-2H3. The number of aryl methyl sites for hydroxylation is 1. The number of nitrogens with zero attached hydrogens (tertiary/aromatic N) is 2. The monoisotopic (exact) mass is 224 g/mol. The summed E-state index contributed by atoms with van der Waals surface area (Å²) in [6, 6.07) is 1.54. The Hall–Kier alpha value is -2.11. The van der Waals surface area contributed by atoms with E-state index in [2.05, 4.69) is 9.84 Å². The lowest BCUT2D eigenvalue weighted by atomic mass is 10.3. The van der Waals surface area contributed by atoms with Crippen molar-refractivity contribution in [3.63, 3.8) is 0 Å². The van der Waals surface area contributed by atoms with Crippen LogP contribution < -0.4 is 0 Å². The van der Waals surface area contributed by atoms with Crippen molar-refractivity contribution in [1.82, 2.24) is 9.78 Å². The smallest absolute Gasteiger partial charge is 0.378 e. The van der Waals surface area contributed by atoms with Crippen LogP contribution in [0.2, 0.25) is 0 Å². The molecule has 0 bridgehead atoms. The number of esters is 1. The van der Waals surface area contributed by atoms with Gasteiger partial charge < -0.3 is 9.84 Å². The molecule has 1 heterocycles. The number of aliphatic hydroxyl groups excluding tert-OH is 1. The van der Waals surface area contributed by atoms with E-state index in [0.29, 0.717) is 6.54 Å². The van der Waals surface area contributed by atoms with Crippen LogP contribution in [0, 0.1) is 0 Å². The second-order valence-corrected chi connectivity index (χ2v) is 2.94. The van der Waals surface area contributed by atoms with Crippen molar-refractivity contribution in [2.75, 3.05) is 7.11 Å². The Bertz CT molecular complexity index is 434. The summed E-state index contributed by atoms with van der Waals surface area (Å²) < 4.78 is 5.79. The molecule has 0 unspecified atom stereocenters. The third kappa shape index (κ3) is 2.69. The number of ether oxygens (including phenoxy) is 1. The first-order valence-corrected chi connectivity index (χ1v) is 4.65. The molecule has 16 heavy (non-hydrogen) atoms. The van der Waals surface area contributed by atoms with E-state index >= 15 is 0 Å². The number of hydrogen-bond acceptors (Lipinski definition) is 5. The number of hydrogen-bond donors (Lipinski definition) is 1. The van der Waals surface area contributed by atoms with Gasteiger partial charge in [0.25, 0.3) is 5.78 Å². The number of carbonyl (C=O) groups excluding carboxylic acids is 2. The van der Waals surface area contributed by atoms with Gasteiger partial charge in [-0.25, -0.2) is 4.79 Å². The van der Waals surface area contributed by atoms with Crippen LogP contribution in [0.15, 0.2) is 18.3 Å². The van der Waals surface area contributed by atoms with Gasteiger partial charge in [0.05, 0.1) is 7.11 Å². The third-order valence-electron chi connectivity index (χ3n) is 1.88. The quantitative estimate of drug-likeness (QED) is 0.349. The molecule has 6 nitrogen and oxygen atoms in total. The fraction of sp³-hybridized carbons (Fsp3) is 0.300. The van der Waals surface area contributed by atoms with Crippen LogP contribution in [0.3, 0.4) is 0 Å². The Morgan fingerprint density at radius 2 is 2.31 bits per heavy atom. The van der Waals surface area contributed by atoms with Crippen LogP contribution >= 0.6 is 0 Å². The highest BCUT2D eigenvalue weighted by Gasteiger charge is 2.13. The summed E-state index contributed by atoms with van der Waals surface area (Å²) >= 11 is 0. The van der Waals surface area contributed by atoms with Crippen LogP contribution in [-0.4, -0.2) is 33.7 Å². The molecule has 1 N–H and O–H groups in total. The van der Waals surface area contributed by atoms with Crippen molar-refractivity contribution >= 4 is 17.5 Å². The number of methoxy groups -OCH3 is 1. The first-order valence-electron chi connectivity index (χ1n) is 4.65.